The molecular weight excluding hydrogens is 438 g/mol. The number of anilines is 2. The monoisotopic (exact) mass is 462 g/mol. The van der Waals surface area contributed by atoms with Gasteiger partial charge < -0.3 is 10.1 Å². The molecule has 0 atom stereocenters. The molecule has 0 aliphatic carbocycles. The minimum Gasteiger partial charge on any atom is -0.496 e. The second kappa shape index (κ2) is 9.87. The maximum Gasteiger partial charge on any atom is 0.282 e. The summed E-state index contributed by atoms with van der Waals surface area (Å²) in [6.45, 7) is 2.11. The Morgan fingerprint density at radius 1 is 0.912 bits per heavy atom. The number of hydrogen-bond donors (Lipinski definition) is 1. The number of halogens is 2. The van der Waals surface area contributed by atoms with Crippen molar-refractivity contribution in [1.82, 2.24) is 0 Å². The van der Waals surface area contributed by atoms with E-state index in [2.05, 4.69) is 12.2 Å². The molecule has 2 amide bonds. The highest BCUT2D eigenvalue weighted by Gasteiger charge is 2.41. The number of nitrogens with one attached hydrogen (secondary N) is 1. The quantitative estimate of drug-likeness (QED) is 0.436. The van der Waals surface area contributed by atoms with Crippen molar-refractivity contribution in [3.8, 4) is 5.75 Å². The van der Waals surface area contributed by atoms with Gasteiger partial charge in [-0.2, -0.15) is 0 Å². The molecule has 0 saturated heterocycles. The molecule has 1 N–H and O–H groups in total. The zero-order valence-corrected chi connectivity index (χ0v) is 18.9. The van der Waals surface area contributed by atoms with Gasteiger partial charge in [0.15, 0.2) is 11.6 Å². The number of aryl methyl sites for hydroxylation is 1. The standard InChI is InChI=1S/C27H24F2N2O3/c1-3-4-7-17-10-13-19(14-11-17)31-26(32)24(20-8-5-6-9-23(20)34-2)25(27(31)33)30-18-12-15-21(28)22(29)16-18/h5-6,8-16,30H,3-4,7H2,1-2H3. The number of rotatable bonds is 8. The van der Waals surface area contributed by atoms with E-state index in [9.17, 15) is 18.4 Å². The Bertz CT molecular complexity index is 1270. The number of unbranched alkanes of at least 4 members (excludes halogenated alkanes) is 1. The highest BCUT2D eigenvalue weighted by Crippen LogP contribution is 2.37. The molecule has 0 radical (unpaired) electrons. The van der Waals surface area contributed by atoms with Crippen LogP contribution in [0.3, 0.4) is 0 Å². The Morgan fingerprint density at radius 3 is 2.32 bits per heavy atom. The fourth-order valence-corrected chi connectivity index (χ4v) is 3.89. The van der Waals surface area contributed by atoms with Crippen LogP contribution in [-0.2, 0) is 16.0 Å². The van der Waals surface area contributed by atoms with E-state index >= 15 is 0 Å². The summed E-state index contributed by atoms with van der Waals surface area (Å²) in [5.74, 6) is -2.82. The molecule has 1 aliphatic rings. The Morgan fingerprint density at radius 2 is 1.65 bits per heavy atom. The third-order valence-electron chi connectivity index (χ3n) is 5.66. The summed E-state index contributed by atoms with van der Waals surface area (Å²) in [6, 6.07) is 17.3. The van der Waals surface area contributed by atoms with Crippen molar-refractivity contribution in [3.63, 3.8) is 0 Å². The molecule has 4 rings (SSSR count). The zero-order valence-electron chi connectivity index (χ0n) is 18.9. The van der Waals surface area contributed by atoms with E-state index in [1.807, 2.05) is 12.1 Å². The van der Waals surface area contributed by atoms with Gasteiger partial charge in [-0.3, -0.25) is 9.59 Å². The van der Waals surface area contributed by atoms with Crippen molar-refractivity contribution >= 4 is 28.8 Å². The first kappa shape index (κ1) is 23.2. The molecule has 7 heteroatoms. The second-order valence-corrected chi connectivity index (χ2v) is 7.92. The first-order valence-electron chi connectivity index (χ1n) is 11.0. The summed E-state index contributed by atoms with van der Waals surface area (Å²) in [5.41, 5.74) is 2.12. The average Bonchev–Trinajstić information content (AvgIpc) is 3.09. The molecule has 1 heterocycles. The molecule has 0 unspecified atom stereocenters. The smallest absolute Gasteiger partial charge is 0.282 e. The number of carbonyl (C=O) groups excluding carboxylic acids is 2. The van der Waals surface area contributed by atoms with Gasteiger partial charge in [-0.1, -0.05) is 43.7 Å². The van der Waals surface area contributed by atoms with Gasteiger partial charge >= 0.3 is 0 Å². The lowest BCUT2D eigenvalue weighted by Crippen LogP contribution is -2.32. The first-order chi connectivity index (χ1) is 16.4. The van der Waals surface area contributed by atoms with Crippen LogP contribution in [0.25, 0.3) is 5.57 Å². The number of carbonyl (C=O) groups is 2. The molecule has 0 spiro atoms. The molecule has 34 heavy (non-hydrogen) atoms. The molecule has 0 bridgehead atoms. The summed E-state index contributed by atoms with van der Waals surface area (Å²) < 4.78 is 32.7. The molecule has 5 nitrogen and oxygen atoms in total. The highest BCUT2D eigenvalue weighted by molar-refractivity contribution is 6.46. The fourth-order valence-electron chi connectivity index (χ4n) is 3.89. The van der Waals surface area contributed by atoms with Gasteiger partial charge in [0, 0.05) is 17.3 Å². The maximum atomic E-state index is 13.8. The Balaban J connectivity index is 1.77. The summed E-state index contributed by atoms with van der Waals surface area (Å²) in [4.78, 5) is 28.1. The Labute approximate surface area is 196 Å². The molecule has 0 saturated carbocycles. The van der Waals surface area contributed by atoms with Crippen molar-refractivity contribution in [2.75, 3.05) is 17.3 Å². The van der Waals surface area contributed by atoms with E-state index in [0.29, 0.717) is 17.0 Å². The minimum atomic E-state index is -1.07. The SMILES string of the molecule is CCCCc1ccc(N2C(=O)C(Nc3ccc(F)c(F)c3)=C(c3ccccc3OC)C2=O)cc1. The molecule has 1 aliphatic heterocycles. The van der Waals surface area contributed by atoms with Crippen LogP contribution in [0.2, 0.25) is 0 Å². The summed E-state index contributed by atoms with van der Waals surface area (Å²) in [5, 5.41) is 2.83. The normalized spacial score (nSPS) is 13.6. The van der Waals surface area contributed by atoms with E-state index in [1.54, 1.807) is 36.4 Å². The highest BCUT2D eigenvalue weighted by atomic mass is 19.2. The number of methoxy groups -OCH3 is 1. The molecule has 3 aromatic rings. The van der Waals surface area contributed by atoms with Crippen LogP contribution < -0.4 is 15.0 Å². The van der Waals surface area contributed by atoms with E-state index in [4.69, 9.17) is 4.74 Å². The topological polar surface area (TPSA) is 58.6 Å². The van der Waals surface area contributed by atoms with Gasteiger partial charge in [-0.05, 0) is 48.7 Å². The third-order valence-corrected chi connectivity index (χ3v) is 5.66. The van der Waals surface area contributed by atoms with Gasteiger partial charge in [-0.25, -0.2) is 13.7 Å². The van der Waals surface area contributed by atoms with Crippen molar-refractivity contribution < 1.29 is 23.1 Å². The van der Waals surface area contributed by atoms with Crippen molar-refractivity contribution in [2.24, 2.45) is 0 Å². The first-order valence-corrected chi connectivity index (χ1v) is 11.0. The predicted molar refractivity (Wildman–Crippen MR) is 127 cm³/mol. The number of benzene rings is 3. The lowest BCUT2D eigenvalue weighted by molar-refractivity contribution is -0.120. The number of ether oxygens (including phenoxy) is 1. The number of para-hydroxylation sites is 1. The number of imide groups is 1. The van der Waals surface area contributed by atoms with Crippen LogP contribution in [0, 0.1) is 11.6 Å². The molecule has 174 valence electrons. The molecule has 0 aromatic heterocycles. The Kier molecular flexibility index (Phi) is 6.72. The van der Waals surface area contributed by atoms with Crippen molar-refractivity contribution in [1.29, 1.82) is 0 Å². The molecule has 3 aromatic carbocycles. The van der Waals surface area contributed by atoms with E-state index in [-0.39, 0.29) is 17.0 Å². The van der Waals surface area contributed by atoms with E-state index in [0.717, 1.165) is 41.9 Å². The largest absolute Gasteiger partial charge is 0.496 e. The van der Waals surface area contributed by atoms with Crippen LogP contribution in [0.4, 0.5) is 20.2 Å². The van der Waals surface area contributed by atoms with Gasteiger partial charge in [0.2, 0.25) is 0 Å². The molecule has 0 fully saturated rings. The van der Waals surface area contributed by atoms with Crippen molar-refractivity contribution in [3.05, 3.63) is 95.2 Å². The zero-order chi connectivity index (χ0) is 24.2. The molecular formula is C27H24F2N2O3. The van der Waals surface area contributed by atoms with Crippen LogP contribution in [0.15, 0.2) is 72.4 Å². The van der Waals surface area contributed by atoms with Crippen LogP contribution in [-0.4, -0.2) is 18.9 Å². The lowest BCUT2D eigenvalue weighted by atomic mass is 10.0. The number of hydrogen-bond acceptors (Lipinski definition) is 4. The summed E-state index contributed by atoms with van der Waals surface area (Å²) in [7, 11) is 1.47. The minimum absolute atomic E-state index is 0.0458. The van der Waals surface area contributed by atoms with Gasteiger partial charge in [0.05, 0.1) is 18.4 Å². The average molecular weight is 462 g/mol. The van der Waals surface area contributed by atoms with Gasteiger partial charge in [0.25, 0.3) is 11.8 Å². The van der Waals surface area contributed by atoms with Gasteiger partial charge in [0.1, 0.15) is 11.4 Å². The third kappa shape index (κ3) is 4.41. The van der Waals surface area contributed by atoms with Gasteiger partial charge in [-0.15, -0.1) is 0 Å². The second-order valence-electron chi connectivity index (χ2n) is 7.92. The fraction of sp³-hybridized carbons (Fsp3) is 0.185. The van der Waals surface area contributed by atoms with E-state index < -0.39 is 23.4 Å². The van der Waals surface area contributed by atoms with Crippen LogP contribution in [0.1, 0.15) is 30.9 Å². The predicted octanol–water partition coefficient (Wildman–Crippen LogP) is 5.71. The van der Waals surface area contributed by atoms with Crippen LogP contribution >= 0.6 is 0 Å². The van der Waals surface area contributed by atoms with Crippen molar-refractivity contribution in [2.45, 2.75) is 26.2 Å². The maximum absolute atomic E-state index is 13.8. The lowest BCUT2D eigenvalue weighted by Gasteiger charge is -2.16. The Hall–Kier alpha value is -4.00. The number of amides is 2. The summed E-state index contributed by atoms with van der Waals surface area (Å²) >= 11 is 0. The van der Waals surface area contributed by atoms with Crippen LogP contribution in [0.5, 0.6) is 5.75 Å². The number of nitrogens with zero attached hydrogens (tertiary/aromatic N) is 1. The summed E-state index contributed by atoms with van der Waals surface area (Å²) in [6.07, 6.45) is 3.02. The van der Waals surface area contributed by atoms with E-state index in [1.165, 1.54) is 13.2 Å².